The molecule has 116 valence electrons. The van der Waals surface area contributed by atoms with Crippen LogP contribution in [-0.2, 0) is 6.54 Å². The Morgan fingerprint density at radius 2 is 2.00 bits per heavy atom. The molecular formula is C16H13N3O4. The lowest BCUT2D eigenvalue weighted by atomic mass is 10.2. The minimum Gasteiger partial charge on any atom is -0.444 e. The maximum absolute atomic E-state index is 11.9. The third-order valence-electron chi connectivity index (χ3n) is 3.36. The second-order valence-corrected chi connectivity index (χ2v) is 5.12. The largest absolute Gasteiger partial charge is 0.444 e. The summed E-state index contributed by atoms with van der Waals surface area (Å²) in [5, 5.41) is 10.6. The number of benzene rings is 1. The molecule has 0 unspecified atom stereocenters. The summed E-state index contributed by atoms with van der Waals surface area (Å²) in [5.74, 6) is 0.357. The lowest BCUT2D eigenvalue weighted by Crippen LogP contribution is -2.19. The highest BCUT2D eigenvalue weighted by Gasteiger charge is 2.10. The highest BCUT2D eigenvalue weighted by atomic mass is 16.6. The molecule has 2 aromatic heterocycles. The molecule has 3 aromatic rings. The summed E-state index contributed by atoms with van der Waals surface area (Å²) in [6.07, 6.45) is 3.18. The van der Waals surface area contributed by atoms with Crippen molar-refractivity contribution in [1.29, 1.82) is 0 Å². The van der Waals surface area contributed by atoms with Crippen LogP contribution >= 0.6 is 0 Å². The molecule has 0 atom stereocenters. The van der Waals surface area contributed by atoms with Gasteiger partial charge < -0.3 is 8.98 Å². The van der Waals surface area contributed by atoms with E-state index in [1.807, 2.05) is 13.0 Å². The highest BCUT2D eigenvalue weighted by molar-refractivity contribution is 5.55. The van der Waals surface area contributed by atoms with Crippen LogP contribution in [0.5, 0.6) is 0 Å². The molecule has 0 N–H and O–H groups in total. The molecule has 0 radical (unpaired) electrons. The molecular weight excluding hydrogens is 298 g/mol. The van der Waals surface area contributed by atoms with Gasteiger partial charge in [-0.05, 0) is 30.7 Å². The Kier molecular flexibility index (Phi) is 3.76. The maximum Gasteiger partial charge on any atom is 0.269 e. The van der Waals surface area contributed by atoms with Crippen molar-refractivity contribution in [2.75, 3.05) is 0 Å². The van der Waals surface area contributed by atoms with Crippen LogP contribution in [0, 0.1) is 17.0 Å². The zero-order valence-corrected chi connectivity index (χ0v) is 12.3. The van der Waals surface area contributed by atoms with E-state index in [1.165, 1.54) is 23.0 Å². The molecule has 0 bridgehead atoms. The zero-order chi connectivity index (χ0) is 16.4. The summed E-state index contributed by atoms with van der Waals surface area (Å²) in [7, 11) is 0. The van der Waals surface area contributed by atoms with Crippen molar-refractivity contribution >= 4 is 5.69 Å². The van der Waals surface area contributed by atoms with Gasteiger partial charge in [0.15, 0.2) is 0 Å². The highest BCUT2D eigenvalue weighted by Crippen LogP contribution is 2.22. The van der Waals surface area contributed by atoms with Gasteiger partial charge in [0.05, 0.1) is 17.2 Å². The van der Waals surface area contributed by atoms with Crippen molar-refractivity contribution in [1.82, 2.24) is 9.55 Å². The average molecular weight is 311 g/mol. The van der Waals surface area contributed by atoms with Gasteiger partial charge in [0, 0.05) is 30.0 Å². The Hall–Kier alpha value is -3.22. The third-order valence-corrected chi connectivity index (χ3v) is 3.36. The molecule has 0 aliphatic heterocycles. The van der Waals surface area contributed by atoms with Crippen LogP contribution in [0.4, 0.5) is 5.69 Å². The van der Waals surface area contributed by atoms with Crippen LogP contribution in [0.25, 0.3) is 11.5 Å². The van der Waals surface area contributed by atoms with E-state index < -0.39 is 4.92 Å². The quantitative estimate of drug-likeness (QED) is 0.546. The molecule has 7 nitrogen and oxygen atoms in total. The van der Waals surface area contributed by atoms with Crippen LogP contribution in [-0.4, -0.2) is 14.5 Å². The molecule has 0 saturated carbocycles. The fourth-order valence-electron chi connectivity index (χ4n) is 2.15. The fraction of sp³-hybridized carbons (Fsp3) is 0.125. The van der Waals surface area contributed by atoms with Crippen molar-refractivity contribution in [3.05, 3.63) is 80.6 Å². The fourth-order valence-corrected chi connectivity index (χ4v) is 2.15. The standard InChI is InChI=1S/C16H13N3O4/c1-11-6-7-18(15(20)8-11)9-13-10-23-16(17-13)12-2-4-14(5-3-12)19(21)22/h2-8,10H,9H2,1H3. The lowest BCUT2D eigenvalue weighted by Gasteiger charge is -2.02. The molecule has 7 heteroatoms. The van der Waals surface area contributed by atoms with Gasteiger partial charge in [-0.25, -0.2) is 4.98 Å². The number of nitro benzene ring substituents is 1. The van der Waals surface area contributed by atoms with Crippen LogP contribution < -0.4 is 5.56 Å². The average Bonchev–Trinajstić information content (AvgIpc) is 2.99. The number of pyridine rings is 1. The van der Waals surface area contributed by atoms with E-state index in [0.29, 0.717) is 23.7 Å². The zero-order valence-electron chi connectivity index (χ0n) is 12.3. The topological polar surface area (TPSA) is 91.2 Å². The van der Waals surface area contributed by atoms with E-state index in [2.05, 4.69) is 4.98 Å². The predicted octanol–water partition coefficient (Wildman–Crippen LogP) is 2.77. The second kappa shape index (κ2) is 5.88. The first-order chi connectivity index (χ1) is 11.0. The van der Waals surface area contributed by atoms with Gasteiger partial charge >= 0.3 is 0 Å². The first-order valence-corrected chi connectivity index (χ1v) is 6.89. The summed E-state index contributed by atoms with van der Waals surface area (Å²) in [5.41, 5.74) is 2.04. The van der Waals surface area contributed by atoms with Gasteiger partial charge in [-0.15, -0.1) is 0 Å². The number of hydrogen-bond acceptors (Lipinski definition) is 5. The smallest absolute Gasteiger partial charge is 0.269 e. The van der Waals surface area contributed by atoms with E-state index in [9.17, 15) is 14.9 Å². The van der Waals surface area contributed by atoms with Crippen molar-refractivity contribution < 1.29 is 9.34 Å². The van der Waals surface area contributed by atoms with E-state index in [-0.39, 0.29) is 11.2 Å². The van der Waals surface area contributed by atoms with Crippen molar-refractivity contribution in [2.24, 2.45) is 0 Å². The van der Waals surface area contributed by atoms with Gasteiger partial charge in [0.1, 0.15) is 6.26 Å². The second-order valence-electron chi connectivity index (χ2n) is 5.12. The molecule has 23 heavy (non-hydrogen) atoms. The Balaban J connectivity index is 1.82. The van der Waals surface area contributed by atoms with Crippen LogP contribution in [0.2, 0.25) is 0 Å². The Bertz CT molecular complexity index is 910. The number of nitrogens with zero attached hydrogens (tertiary/aromatic N) is 3. The number of rotatable bonds is 4. The molecule has 0 amide bonds. The molecule has 1 aromatic carbocycles. The molecule has 2 heterocycles. The molecule has 3 rings (SSSR count). The minimum atomic E-state index is -0.464. The number of hydrogen-bond donors (Lipinski definition) is 0. The van der Waals surface area contributed by atoms with Crippen molar-refractivity contribution in [3.8, 4) is 11.5 Å². The molecule has 0 aliphatic rings. The number of nitro groups is 1. The van der Waals surface area contributed by atoms with E-state index in [1.54, 1.807) is 24.4 Å². The third kappa shape index (κ3) is 3.18. The van der Waals surface area contributed by atoms with Gasteiger partial charge in [0.25, 0.3) is 11.2 Å². The lowest BCUT2D eigenvalue weighted by molar-refractivity contribution is -0.384. The summed E-state index contributed by atoms with van der Waals surface area (Å²) in [6, 6.07) is 9.33. The van der Waals surface area contributed by atoms with Crippen molar-refractivity contribution in [2.45, 2.75) is 13.5 Å². The summed E-state index contributed by atoms with van der Waals surface area (Å²) in [4.78, 5) is 26.4. The monoisotopic (exact) mass is 311 g/mol. The molecule has 0 fully saturated rings. The van der Waals surface area contributed by atoms with Gasteiger partial charge in [-0.3, -0.25) is 14.9 Å². The number of aromatic nitrogens is 2. The first-order valence-electron chi connectivity index (χ1n) is 6.89. The summed E-state index contributed by atoms with van der Waals surface area (Å²) >= 11 is 0. The van der Waals surface area contributed by atoms with Gasteiger partial charge in [-0.1, -0.05) is 0 Å². The Morgan fingerprint density at radius 1 is 1.26 bits per heavy atom. The van der Waals surface area contributed by atoms with Crippen LogP contribution in [0.15, 0.2) is 58.1 Å². The number of oxazole rings is 1. The van der Waals surface area contributed by atoms with Crippen molar-refractivity contribution in [3.63, 3.8) is 0 Å². The minimum absolute atomic E-state index is 0.00624. The van der Waals surface area contributed by atoms with Gasteiger partial charge in [0.2, 0.25) is 5.89 Å². The van der Waals surface area contributed by atoms with E-state index in [0.717, 1.165) is 5.56 Å². The number of aryl methyl sites for hydroxylation is 1. The molecule has 0 spiro atoms. The van der Waals surface area contributed by atoms with E-state index in [4.69, 9.17) is 4.42 Å². The summed E-state index contributed by atoms with van der Waals surface area (Å²) in [6.45, 7) is 2.16. The van der Waals surface area contributed by atoms with E-state index >= 15 is 0 Å². The molecule has 0 saturated heterocycles. The number of non-ortho nitro benzene ring substituents is 1. The first kappa shape index (κ1) is 14.7. The summed E-state index contributed by atoms with van der Waals surface area (Å²) < 4.78 is 6.92. The SMILES string of the molecule is Cc1ccn(Cc2coc(-c3ccc([N+](=O)[O-])cc3)n2)c(=O)c1. The van der Waals surface area contributed by atoms with Crippen LogP contribution in [0.3, 0.4) is 0 Å². The van der Waals surface area contributed by atoms with Crippen LogP contribution in [0.1, 0.15) is 11.3 Å². The normalized spacial score (nSPS) is 10.7. The van der Waals surface area contributed by atoms with Gasteiger partial charge in [-0.2, -0.15) is 0 Å². The Morgan fingerprint density at radius 3 is 2.65 bits per heavy atom. The Labute approximate surface area is 131 Å². The predicted molar refractivity (Wildman–Crippen MR) is 83.1 cm³/mol. The molecule has 0 aliphatic carbocycles. The maximum atomic E-state index is 11.9.